The highest BCUT2D eigenvalue weighted by Crippen LogP contribution is 2.62. The van der Waals surface area contributed by atoms with Crippen molar-refractivity contribution in [1.82, 2.24) is 15.0 Å². The lowest BCUT2D eigenvalue weighted by Gasteiger charge is -2.42. The van der Waals surface area contributed by atoms with Gasteiger partial charge in [-0.05, 0) is 87.2 Å². The summed E-state index contributed by atoms with van der Waals surface area (Å²) in [6, 6.07) is 50.1. The minimum Gasteiger partial charge on any atom is -0.461 e. The molecule has 3 aliphatic carbocycles. The molecular weight excluding hydrogens is 659 g/mol. The summed E-state index contributed by atoms with van der Waals surface area (Å²) in [4.78, 5) is 15.3. The first-order valence-corrected chi connectivity index (χ1v) is 18.9. The number of hydrogen-bond donors (Lipinski definition) is 0. The van der Waals surface area contributed by atoms with Crippen LogP contribution in [0.3, 0.4) is 0 Å². The summed E-state index contributed by atoms with van der Waals surface area (Å²) >= 11 is 0. The lowest BCUT2D eigenvalue weighted by molar-refractivity contribution is 0.365. The summed E-state index contributed by atoms with van der Waals surface area (Å²) in [7, 11) is 0. The first-order valence-electron chi connectivity index (χ1n) is 18.9. The molecule has 0 bridgehead atoms. The topological polar surface area (TPSA) is 47.9 Å². The SMILES string of the molecule is C1=CCCC(c2nc(-c3cccc(C4=CC5=C(CC4)Oc4ccccc4C54c5ccccc5-c5ccccc54)c3)nc(-c3ccc4ccccc4c3)n2)=C1. The molecule has 1 aromatic heterocycles. The summed E-state index contributed by atoms with van der Waals surface area (Å²) in [5.41, 5.74) is 12.7. The average Bonchev–Trinajstić information content (AvgIpc) is 3.54. The fraction of sp³-hybridized carbons (Fsp3) is 0.100. The summed E-state index contributed by atoms with van der Waals surface area (Å²) < 4.78 is 6.78. The van der Waals surface area contributed by atoms with Crippen LogP contribution < -0.4 is 4.74 Å². The Morgan fingerprint density at radius 3 is 1.94 bits per heavy atom. The molecule has 1 spiro atoms. The summed E-state index contributed by atoms with van der Waals surface area (Å²) in [6.45, 7) is 0. The largest absolute Gasteiger partial charge is 0.461 e. The molecule has 0 saturated carbocycles. The molecule has 256 valence electrons. The van der Waals surface area contributed by atoms with Crippen molar-refractivity contribution in [3.63, 3.8) is 0 Å². The van der Waals surface area contributed by atoms with Gasteiger partial charge in [0.15, 0.2) is 17.5 Å². The molecular formula is C50H35N3O. The van der Waals surface area contributed by atoms with Gasteiger partial charge in [-0.2, -0.15) is 0 Å². The number of rotatable bonds is 4. The number of aromatic nitrogens is 3. The third kappa shape index (κ3) is 4.73. The van der Waals surface area contributed by atoms with Crippen LogP contribution in [0.15, 0.2) is 175 Å². The smallest absolute Gasteiger partial charge is 0.164 e. The van der Waals surface area contributed by atoms with E-state index in [4.69, 9.17) is 19.7 Å². The molecule has 1 aliphatic heterocycles. The van der Waals surface area contributed by atoms with E-state index in [1.165, 1.54) is 49.9 Å². The number of para-hydroxylation sites is 1. The third-order valence-corrected chi connectivity index (χ3v) is 11.6. The van der Waals surface area contributed by atoms with Crippen molar-refractivity contribution in [2.45, 2.75) is 31.1 Å². The van der Waals surface area contributed by atoms with Gasteiger partial charge in [0, 0.05) is 28.7 Å². The number of fused-ring (bicyclic) bond motifs is 9. The van der Waals surface area contributed by atoms with Crippen LogP contribution in [0.2, 0.25) is 0 Å². The highest BCUT2D eigenvalue weighted by molar-refractivity contribution is 5.90. The predicted octanol–water partition coefficient (Wildman–Crippen LogP) is 11.9. The highest BCUT2D eigenvalue weighted by atomic mass is 16.5. The number of nitrogens with zero attached hydrogens (tertiary/aromatic N) is 3. The minimum atomic E-state index is -0.472. The maximum absolute atomic E-state index is 6.78. The Morgan fingerprint density at radius 2 is 1.17 bits per heavy atom. The number of hydrogen-bond acceptors (Lipinski definition) is 4. The Labute approximate surface area is 314 Å². The van der Waals surface area contributed by atoms with Crippen molar-refractivity contribution in [1.29, 1.82) is 0 Å². The Balaban J connectivity index is 1.06. The van der Waals surface area contributed by atoms with Crippen molar-refractivity contribution in [3.8, 4) is 39.7 Å². The first-order chi connectivity index (χ1) is 26.7. The standard InChI is InChI=1S/C50H35N3O/c1-2-14-33(15-3-1)47-51-48(53-49(52-47)38-26-25-32-13-4-5-16-34(32)29-38)37-18-12-17-35(30-37)36-27-28-46-44(31-36)50(43-23-10-11-24-45(43)54-46)41-21-8-6-19-39(41)40-20-7-9-22-42(40)50/h1-2,4-14,16-26,29-31H,3,15,27-28H2. The zero-order chi connectivity index (χ0) is 35.6. The Morgan fingerprint density at radius 1 is 0.500 bits per heavy atom. The van der Waals surface area contributed by atoms with E-state index in [0.29, 0.717) is 11.6 Å². The fourth-order valence-corrected chi connectivity index (χ4v) is 9.07. The van der Waals surface area contributed by atoms with Crippen LogP contribution in [-0.2, 0) is 5.41 Å². The zero-order valence-corrected chi connectivity index (χ0v) is 29.7. The van der Waals surface area contributed by atoms with Crippen molar-refractivity contribution in [2.24, 2.45) is 0 Å². The van der Waals surface area contributed by atoms with Crippen LogP contribution in [0.1, 0.15) is 53.8 Å². The lowest BCUT2D eigenvalue weighted by Crippen LogP contribution is -2.35. The maximum Gasteiger partial charge on any atom is 0.164 e. The van der Waals surface area contributed by atoms with Gasteiger partial charge >= 0.3 is 0 Å². The summed E-state index contributed by atoms with van der Waals surface area (Å²) in [6.07, 6.45) is 12.4. The molecule has 0 amide bonds. The van der Waals surface area contributed by atoms with Gasteiger partial charge < -0.3 is 4.74 Å². The second kappa shape index (κ2) is 12.2. The van der Waals surface area contributed by atoms with Gasteiger partial charge in [-0.3, -0.25) is 0 Å². The number of ether oxygens (including phenoxy) is 1. The van der Waals surface area contributed by atoms with Gasteiger partial charge in [0.1, 0.15) is 11.5 Å². The molecule has 4 aliphatic rings. The normalized spacial score (nSPS) is 16.2. The monoisotopic (exact) mass is 693 g/mol. The van der Waals surface area contributed by atoms with Crippen molar-refractivity contribution < 1.29 is 4.74 Å². The molecule has 11 rings (SSSR count). The van der Waals surface area contributed by atoms with Crippen molar-refractivity contribution >= 4 is 21.9 Å². The minimum absolute atomic E-state index is 0.472. The molecule has 0 fully saturated rings. The van der Waals surface area contributed by atoms with Crippen LogP contribution in [0, 0.1) is 0 Å². The molecule has 2 heterocycles. The van der Waals surface area contributed by atoms with Crippen LogP contribution in [0.4, 0.5) is 0 Å². The zero-order valence-electron chi connectivity index (χ0n) is 29.7. The van der Waals surface area contributed by atoms with Gasteiger partial charge in [0.25, 0.3) is 0 Å². The molecule has 6 aromatic carbocycles. The van der Waals surface area contributed by atoms with Gasteiger partial charge in [-0.15, -0.1) is 0 Å². The number of allylic oxidation sites excluding steroid dienone is 8. The summed E-state index contributed by atoms with van der Waals surface area (Å²) in [5.74, 6) is 4.10. The number of benzene rings is 6. The molecule has 7 aromatic rings. The van der Waals surface area contributed by atoms with Crippen LogP contribution in [0.5, 0.6) is 5.75 Å². The van der Waals surface area contributed by atoms with Gasteiger partial charge in [-0.1, -0.05) is 146 Å². The van der Waals surface area contributed by atoms with Crippen LogP contribution in [-0.4, -0.2) is 15.0 Å². The van der Waals surface area contributed by atoms with E-state index in [0.717, 1.165) is 65.1 Å². The van der Waals surface area contributed by atoms with E-state index in [2.05, 4.69) is 164 Å². The molecule has 0 unspecified atom stereocenters. The highest BCUT2D eigenvalue weighted by Gasteiger charge is 2.52. The quantitative estimate of drug-likeness (QED) is 0.184. The second-order valence-corrected chi connectivity index (χ2v) is 14.6. The van der Waals surface area contributed by atoms with E-state index in [9.17, 15) is 0 Å². The Bertz CT molecular complexity index is 2770. The molecule has 0 saturated heterocycles. The van der Waals surface area contributed by atoms with Crippen LogP contribution >= 0.6 is 0 Å². The molecule has 4 heteroatoms. The van der Waals surface area contributed by atoms with E-state index < -0.39 is 5.41 Å². The van der Waals surface area contributed by atoms with E-state index in [-0.39, 0.29) is 0 Å². The summed E-state index contributed by atoms with van der Waals surface area (Å²) in [5, 5.41) is 2.36. The molecule has 0 N–H and O–H groups in total. The fourth-order valence-electron chi connectivity index (χ4n) is 9.07. The molecule has 4 nitrogen and oxygen atoms in total. The average molecular weight is 694 g/mol. The Hall–Kier alpha value is -6.65. The maximum atomic E-state index is 6.78. The van der Waals surface area contributed by atoms with Gasteiger partial charge in [-0.25, -0.2) is 15.0 Å². The van der Waals surface area contributed by atoms with Crippen molar-refractivity contribution in [2.75, 3.05) is 0 Å². The molecule has 54 heavy (non-hydrogen) atoms. The van der Waals surface area contributed by atoms with Crippen molar-refractivity contribution in [3.05, 3.63) is 203 Å². The Kier molecular flexibility index (Phi) is 6.99. The predicted molar refractivity (Wildman–Crippen MR) is 218 cm³/mol. The van der Waals surface area contributed by atoms with E-state index >= 15 is 0 Å². The second-order valence-electron chi connectivity index (χ2n) is 14.6. The third-order valence-electron chi connectivity index (χ3n) is 11.6. The molecule has 0 atom stereocenters. The first kappa shape index (κ1) is 30.9. The lowest BCUT2D eigenvalue weighted by atomic mass is 9.64. The van der Waals surface area contributed by atoms with Gasteiger partial charge in [0.05, 0.1) is 5.41 Å². The van der Waals surface area contributed by atoms with E-state index in [1.807, 2.05) is 0 Å². The van der Waals surface area contributed by atoms with Gasteiger partial charge in [0.2, 0.25) is 0 Å². The van der Waals surface area contributed by atoms with E-state index in [1.54, 1.807) is 0 Å². The molecule has 0 radical (unpaired) electrons. The van der Waals surface area contributed by atoms with Crippen LogP contribution in [0.25, 0.3) is 55.8 Å².